The van der Waals surface area contributed by atoms with Crippen LogP contribution in [0.2, 0.25) is 0 Å². The summed E-state index contributed by atoms with van der Waals surface area (Å²) < 4.78 is 5.71. The van der Waals surface area contributed by atoms with E-state index in [0.717, 1.165) is 12.3 Å². The van der Waals surface area contributed by atoms with Gasteiger partial charge in [0.1, 0.15) is 25.0 Å². The van der Waals surface area contributed by atoms with Crippen LogP contribution in [-0.4, -0.2) is 37.5 Å². The average molecular weight is 264 g/mol. The van der Waals surface area contributed by atoms with Crippen LogP contribution in [0.25, 0.3) is 0 Å². The quantitative estimate of drug-likeness (QED) is 0.835. The molecular weight excluding hydrogens is 238 g/mol. The monoisotopic (exact) mass is 264 g/mol. The van der Waals surface area contributed by atoms with E-state index >= 15 is 0 Å². The van der Waals surface area contributed by atoms with Crippen LogP contribution in [0.1, 0.15) is 30.4 Å². The maximum Gasteiger partial charge on any atom is 0.137 e. The standard InChI is InChI=1S/C16H25NO2/c1-13-8-14(2)10-16(9-13)19-12-15(18)11-17-6-4-3-5-7-17/h8-10,15,18H,3-7,11-12H2,1-2H3/p+1/t15-/m1/s1. The number of piperidine rings is 1. The molecule has 0 saturated carbocycles. The SMILES string of the molecule is Cc1cc(C)cc(OC[C@H](O)C[NH+]2CCCCC2)c1. The lowest BCUT2D eigenvalue weighted by Crippen LogP contribution is -3.14. The van der Waals surface area contributed by atoms with Gasteiger partial charge in [0.2, 0.25) is 0 Å². The van der Waals surface area contributed by atoms with E-state index in [4.69, 9.17) is 4.74 Å². The van der Waals surface area contributed by atoms with Crippen molar-refractivity contribution < 1.29 is 14.7 Å². The van der Waals surface area contributed by atoms with Gasteiger partial charge in [0, 0.05) is 0 Å². The summed E-state index contributed by atoms with van der Waals surface area (Å²) in [6.07, 6.45) is 3.56. The summed E-state index contributed by atoms with van der Waals surface area (Å²) >= 11 is 0. The lowest BCUT2D eigenvalue weighted by molar-refractivity contribution is -0.908. The highest BCUT2D eigenvalue weighted by molar-refractivity contribution is 5.32. The fraction of sp³-hybridized carbons (Fsp3) is 0.625. The second kappa shape index (κ2) is 6.92. The first-order valence-electron chi connectivity index (χ1n) is 7.36. The van der Waals surface area contributed by atoms with Crippen LogP contribution < -0.4 is 9.64 Å². The van der Waals surface area contributed by atoms with E-state index in [9.17, 15) is 5.11 Å². The average Bonchev–Trinajstić information content (AvgIpc) is 2.36. The molecule has 1 aliphatic heterocycles. The van der Waals surface area contributed by atoms with Gasteiger partial charge in [-0.05, 0) is 56.4 Å². The topological polar surface area (TPSA) is 33.9 Å². The second-order valence-electron chi connectivity index (χ2n) is 5.80. The second-order valence-corrected chi connectivity index (χ2v) is 5.80. The largest absolute Gasteiger partial charge is 0.491 e. The summed E-state index contributed by atoms with van der Waals surface area (Å²) in [6, 6.07) is 6.17. The number of ether oxygens (including phenoxy) is 1. The molecule has 3 heteroatoms. The Balaban J connectivity index is 1.77. The molecule has 19 heavy (non-hydrogen) atoms. The summed E-state index contributed by atoms with van der Waals surface area (Å²) in [7, 11) is 0. The molecule has 1 atom stereocenters. The van der Waals surface area contributed by atoms with Gasteiger partial charge in [0.25, 0.3) is 0 Å². The minimum atomic E-state index is -0.367. The van der Waals surface area contributed by atoms with Crippen LogP contribution in [0.15, 0.2) is 18.2 Å². The Hall–Kier alpha value is -1.06. The van der Waals surface area contributed by atoms with Gasteiger partial charge in [-0.15, -0.1) is 0 Å². The zero-order valence-corrected chi connectivity index (χ0v) is 12.1. The highest BCUT2D eigenvalue weighted by Crippen LogP contribution is 2.16. The molecule has 0 bridgehead atoms. The van der Waals surface area contributed by atoms with Crippen molar-refractivity contribution in [2.24, 2.45) is 0 Å². The highest BCUT2D eigenvalue weighted by atomic mass is 16.5. The van der Waals surface area contributed by atoms with Crippen molar-refractivity contribution >= 4 is 0 Å². The van der Waals surface area contributed by atoms with Crippen molar-refractivity contribution in [1.82, 2.24) is 0 Å². The van der Waals surface area contributed by atoms with E-state index < -0.39 is 0 Å². The van der Waals surface area contributed by atoms with Crippen LogP contribution in [-0.2, 0) is 0 Å². The molecule has 1 aromatic carbocycles. The molecule has 0 aliphatic carbocycles. The molecule has 0 aromatic heterocycles. The lowest BCUT2D eigenvalue weighted by atomic mass is 10.1. The Morgan fingerprint density at radius 3 is 2.37 bits per heavy atom. The third-order valence-electron chi connectivity index (χ3n) is 3.72. The first kappa shape index (κ1) is 14.4. The molecule has 0 amide bonds. The number of aliphatic hydroxyl groups excluding tert-OH is 1. The third kappa shape index (κ3) is 4.84. The summed E-state index contributed by atoms with van der Waals surface area (Å²) in [6.45, 7) is 7.72. The van der Waals surface area contributed by atoms with Gasteiger partial charge in [0.15, 0.2) is 0 Å². The van der Waals surface area contributed by atoms with Gasteiger partial charge in [0.05, 0.1) is 13.1 Å². The summed E-state index contributed by atoms with van der Waals surface area (Å²) in [4.78, 5) is 1.52. The molecule has 0 radical (unpaired) electrons. The van der Waals surface area contributed by atoms with Crippen molar-refractivity contribution in [3.63, 3.8) is 0 Å². The molecule has 1 fully saturated rings. The minimum absolute atomic E-state index is 0.367. The van der Waals surface area contributed by atoms with E-state index in [1.165, 1.54) is 48.4 Å². The number of nitrogens with one attached hydrogen (secondary N) is 1. The number of hydrogen-bond acceptors (Lipinski definition) is 2. The highest BCUT2D eigenvalue weighted by Gasteiger charge is 2.18. The van der Waals surface area contributed by atoms with Crippen molar-refractivity contribution in [1.29, 1.82) is 0 Å². The molecule has 106 valence electrons. The van der Waals surface area contributed by atoms with Gasteiger partial charge in [-0.2, -0.15) is 0 Å². The van der Waals surface area contributed by atoms with E-state index in [1.54, 1.807) is 0 Å². The number of quaternary nitrogens is 1. The molecule has 3 nitrogen and oxygen atoms in total. The van der Waals surface area contributed by atoms with E-state index in [0.29, 0.717) is 6.61 Å². The molecule has 1 aliphatic rings. The fourth-order valence-corrected chi connectivity index (χ4v) is 2.86. The molecule has 1 heterocycles. The summed E-state index contributed by atoms with van der Waals surface area (Å²) in [5.74, 6) is 0.866. The Morgan fingerprint density at radius 1 is 1.11 bits per heavy atom. The Bertz CT molecular complexity index is 379. The van der Waals surface area contributed by atoms with Crippen LogP contribution in [0.3, 0.4) is 0 Å². The zero-order chi connectivity index (χ0) is 13.7. The predicted molar refractivity (Wildman–Crippen MR) is 76.8 cm³/mol. The van der Waals surface area contributed by atoms with E-state index in [-0.39, 0.29) is 6.10 Å². The number of rotatable bonds is 5. The van der Waals surface area contributed by atoms with E-state index in [1.807, 2.05) is 12.1 Å². The minimum Gasteiger partial charge on any atom is -0.491 e. The molecule has 2 rings (SSSR count). The summed E-state index contributed by atoms with van der Waals surface area (Å²) in [5, 5.41) is 10.1. The Morgan fingerprint density at radius 2 is 1.74 bits per heavy atom. The van der Waals surface area contributed by atoms with Crippen LogP contribution in [0, 0.1) is 13.8 Å². The van der Waals surface area contributed by atoms with Crippen LogP contribution in [0.5, 0.6) is 5.75 Å². The summed E-state index contributed by atoms with van der Waals surface area (Å²) in [5.41, 5.74) is 2.40. The normalized spacial score (nSPS) is 18.3. The Labute approximate surface area is 116 Å². The van der Waals surface area contributed by atoms with E-state index in [2.05, 4.69) is 19.9 Å². The zero-order valence-electron chi connectivity index (χ0n) is 12.1. The molecule has 0 unspecified atom stereocenters. The maximum absolute atomic E-state index is 10.1. The van der Waals surface area contributed by atoms with Gasteiger partial charge >= 0.3 is 0 Å². The number of aliphatic hydroxyl groups is 1. The van der Waals surface area contributed by atoms with Gasteiger partial charge < -0.3 is 14.7 Å². The maximum atomic E-state index is 10.1. The fourth-order valence-electron chi connectivity index (χ4n) is 2.86. The number of likely N-dealkylation sites (tertiary alicyclic amines) is 1. The van der Waals surface area contributed by atoms with Crippen molar-refractivity contribution in [2.75, 3.05) is 26.2 Å². The number of aryl methyl sites for hydroxylation is 2. The first-order chi connectivity index (χ1) is 9.13. The van der Waals surface area contributed by atoms with Gasteiger partial charge in [-0.1, -0.05) is 6.07 Å². The number of benzene rings is 1. The number of hydrogen-bond donors (Lipinski definition) is 2. The van der Waals surface area contributed by atoms with Gasteiger partial charge in [-0.25, -0.2) is 0 Å². The van der Waals surface area contributed by atoms with Crippen molar-refractivity contribution in [2.45, 2.75) is 39.2 Å². The van der Waals surface area contributed by atoms with Crippen molar-refractivity contribution in [3.05, 3.63) is 29.3 Å². The smallest absolute Gasteiger partial charge is 0.137 e. The molecular formula is C16H26NO2+. The third-order valence-corrected chi connectivity index (χ3v) is 3.72. The first-order valence-corrected chi connectivity index (χ1v) is 7.36. The molecule has 2 N–H and O–H groups in total. The Kier molecular flexibility index (Phi) is 5.23. The van der Waals surface area contributed by atoms with Crippen LogP contribution in [0.4, 0.5) is 0 Å². The molecule has 1 saturated heterocycles. The predicted octanol–water partition coefficient (Wildman–Crippen LogP) is 1.11. The van der Waals surface area contributed by atoms with Crippen LogP contribution >= 0.6 is 0 Å². The molecule has 0 spiro atoms. The lowest BCUT2D eigenvalue weighted by Gasteiger charge is -2.25. The van der Waals surface area contributed by atoms with Gasteiger partial charge in [-0.3, -0.25) is 0 Å². The molecule has 1 aromatic rings. The van der Waals surface area contributed by atoms with Crippen molar-refractivity contribution in [3.8, 4) is 5.75 Å².